The molecule has 1 aromatic rings. The third-order valence-corrected chi connectivity index (χ3v) is 7.10. The lowest BCUT2D eigenvalue weighted by Gasteiger charge is -2.30. The average Bonchev–Trinajstić information content (AvgIpc) is 2.90. The van der Waals surface area contributed by atoms with Crippen molar-refractivity contribution in [1.82, 2.24) is 4.31 Å². The number of sulfonamides is 1. The molecule has 0 unspecified atom stereocenters. The van der Waals surface area contributed by atoms with Crippen molar-refractivity contribution in [3.8, 4) is 0 Å². The van der Waals surface area contributed by atoms with Gasteiger partial charge in [-0.25, -0.2) is 8.42 Å². The zero-order valence-corrected chi connectivity index (χ0v) is 15.8. The summed E-state index contributed by atoms with van der Waals surface area (Å²) < 4.78 is 28.6. The summed E-state index contributed by atoms with van der Waals surface area (Å²) in [5.74, 6) is 0.443. The smallest absolute Gasteiger partial charge is 0.245 e. The van der Waals surface area contributed by atoms with Gasteiger partial charge in [0, 0.05) is 31.0 Å². The zero-order chi connectivity index (χ0) is 16.8. The maximum absolute atomic E-state index is 13.1. The molecule has 2 aliphatic heterocycles. The first-order chi connectivity index (χ1) is 10.8. The molecule has 0 aromatic heterocycles. The van der Waals surface area contributed by atoms with Crippen LogP contribution in [0.3, 0.4) is 0 Å². The molecule has 126 valence electrons. The quantitative estimate of drug-likeness (QED) is 0.766. The Bertz CT molecular complexity index is 740. The van der Waals surface area contributed by atoms with Crippen LogP contribution < -0.4 is 4.90 Å². The van der Waals surface area contributed by atoms with Crippen molar-refractivity contribution in [1.29, 1.82) is 0 Å². The third-order valence-electron chi connectivity index (χ3n) is 4.73. The molecule has 1 aromatic carbocycles. The van der Waals surface area contributed by atoms with Crippen LogP contribution in [0.15, 0.2) is 21.5 Å². The van der Waals surface area contributed by atoms with Crippen LogP contribution in [0.1, 0.15) is 32.3 Å². The molecule has 0 atom stereocenters. The molecule has 0 N–H and O–H groups in total. The highest BCUT2D eigenvalue weighted by Gasteiger charge is 2.35. The third kappa shape index (κ3) is 3.06. The van der Waals surface area contributed by atoms with Crippen molar-refractivity contribution < 1.29 is 13.2 Å². The Morgan fingerprint density at radius 1 is 1.22 bits per heavy atom. The number of hydrogen-bond donors (Lipinski definition) is 0. The Balaban J connectivity index is 2.07. The molecule has 1 amide bonds. The summed E-state index contributed by atoms with van der Waals surface area (Å²) in [6.45, 7) is 5.27. The molecule has 0 saturated carbocycles. The molecule has 1 fully saturated rings. The Hall–Kier alpha value is -0.920. The van der Waals surface area contributed by atoms with E-state index in [1.807, 2.05) is 6.07 Å². The summed E-state index contributed by atoms with van der Waals surface area (Å²) in [7, 11) is -3.59. The van der Waals surface area contributed by atoms with E-state index < -0.39 is 10.0 Å². The van der Waals surface area contributed by atoms with Crippen LogP contribution in [0.4, 0.5) is 5.69 Å². The number of carbonyl (C=O) groups excluding carboxylic acids is 1. The second-order valence-corrected chi connectivity index (χ2v) is 9.24. The van der Waals surface area contributed by atoms with Crippen LogP contribution in [-0.4, -0.2) is 38.3 Å². The van der Waals surface area contributed by atoms with Crippen molar-refractivity contribution in [3.63, 3.8) is 0 Å². The molecule has 0 radical (unpaired) electrons. The lowest BCUT2D eigenvalue weighted by atomic mass is 10.0. The fourth-order valence-corrected chi connectivity index (χ4v) is 5.73. The van der Waals surface area contributed by atoms with Gasteiger partial charge in [0.2, 0.25) is 15.9 Å². The highest BCUT2D eigenvalue weighted by atomic mass is 79.9. The first-order valence-corrected chi connectivity index (χ1v) is 10.1. The minimum absolute atomic E-state index is 0.116. The highest BCUT2D eigenvalue weighted by molar-refractivity contribution is 9.10. The predicted molar refractivity (Wildman–Crippen MR) is 93.0 cm³/mol. The Kier molecular flexibility index (Phi) is 4.55. The molecular weight excluding hydrogens is 380 g/mol. The molecule has 1 saturated heterocycles. The number of carbonyl (C=O) groups is 1. The summed E-state index contributed by atoms with van der Waals surface area (Å²) in [6, 6.07) is 3.54. The number of rotatable bonds is 2. The number of benzene rings is 1. The average molecular weight is 401 g/mol. The molecule has 0 aliphatic carbocycles. The van der Waals surface area contributed by atoms with E-state index in [1.165, 1.54) is 6.92 Å². The van der Waals surface area contributed by atoms with Crippen molar-refractivity contribution >= 4 is 37.5 Å². The van der Waals surface area contributed by atoms with Crippen LogP contribution in [0.2, 0.25) is 0 Å². The summed E-state index contributed by atoms with van der Waals surface area (Å²) >= 11 is 3.41. The summed E-state index contributed by atoms with van der Waals surface area (Å²) in [5.41, 5.74) is 1.48. The van der Waals surface area contributed by atoms with Gasteiger partial charge in [0.1, 0.15) is 4.90 Å². The van der Waals surface area contributed by atoms with Crippen LogP contribution in [-0.2, 0) is 21.2 Å². The number of anilines is 1. The monoisotopic (exact) mass is 400 g/mol. The molecule has 7 heteroatoms. The van der Waals surface area contributed by atoms with E-state index in [2.05, 4.69) is 22.9 Å². The van der Waals surface area contributed by atoms with Gasteiger partial charge in [-0.05, 0) is 42.9 Å². The van der Waals surface area contributed by atoms with Gasteiger partial charge in [-0.15, -0.1) is 0 Å². The van der Waals surface area contributed by atoms with E-state index in [0.717, 1.165) is 22.9 Å². The molecule has 2 aliphatic rings. The Morgan fingerprint density at radius 3 is 2.48 bits per heavy atom. The number of hydrogen-bond acceptors (Lipinski definition) is 3. The van der Waals surface area contributed by atoms with E-state index >= 15 is 0 Å². The zero-order valence-electron chi connectivity index (χ0n) is 13.4. The maximum atomic E-state index is 13.1. The van der Waals surface area contributed by atoms with E-state index in [4.69, 9.17) is 0 Å². The lowest BCUT2D eigenvalue weighted by molar-refractivity contribution is -0.116. The normalized spacial score (nSPS) is 19.9. The highest BCUT2D eigenvalue weighted by Crippen LogP contribution is 2.39. The van der Waals surface area contributed by atoms with E-state index in [-0.39, 0.29) is 10.8 Å². The Labute approximate surface area is 145 Å². The Morgan fingerprint density at radius 2 is 1.87 bits per heavy atom. The summed E-state index contributed by atoms with van der Waals surface area (Å²) in [6.07, 6.45) is 2.45. The van der Waals surface area contributed by atoms with Gasteiger partial charge < -0.3 is 4.90 Å². The summed E-state index contributed by atoms with van der Waals surface area (Å²) in [5, 5.41) is 0. The topological polar surface area (TPSA) is 57.7 Å². The van der Waals surface area contributed by atoms with Gasteiger partial charge in [0.05, 0.1) is 5.69 Å². The molecule has 0 spiro atoms. The number of piperidine rings is 1. The second-order valence-electron chi connectivity index (χ2n) is 6.42. The number of fused-ring (bicyclic) bond motifs is 1. The molecule has 5 nitrogen and oxygen atoms in total. The van der Waals surface area contributed by atoms with Crippen molar-refractivity contribution in [2.24, 2.45) is 5.92 Å². The first kappa shape index (κ1) is 16.9. The van der Waals surface area contributed by atoms with Gasteiger partial charge in [-0.1, -0.05) is 22.9 Å². The fourth-order valence-electron chi connectivity index (χ4n) is 3.35. The maximum Gasteiger partial charge on any atom is 0.245 e. The lowest BCUT2D eigenvalue weighted by Crippen LogP contribution is -2.38. The molecule has 0 bridgehead atoms. The fraction of sp³-hybridized carbons (Fsp3) is 0.562. The second kappa shape index (κ2) is 6.18. The molecule has 3 rings (SSSR count). The number of nitrogens with zero attached hydrogens (tertiary/aromatic N) is 2. The van der Waals surface area contributed by atoms with Gasteiger partial charge in [-0.2, -0.15) is 4.31 Å². The van der Waals surface area contributed by atoms with Gasteiger partial charge in [0.15, 0.2) is 0 Å². The van der Waals surface area contributed by atoms with Gasteiger partial charge in [-0.3, -0.25) is 4.79 Å². The minimum Gasteiger partial charge on any atom is -0.311 e. The van der Waals surface area contributed by atoms with Crippen LogP contribution >= 0.6 is 15.9 Å². The van der Waals surface area contributed by atoms with Crippen LogP contribution in [0, 0.1) is 5.92 Å². The first-order valence-electron chi connectivity index (χ1n) is 7.91. The molecular formula is C16H21BrN2O3S. The number of halogens is 1. The molecule has 23 heavy (non-hydrogen) atoms. The van der Waals surface area contributed by atoms with Crippen LogP contribution in [0.5, 0.6) is 0 Å². The minimum atomic E-state index is -3.59. The van der Waals surface area contributed by atoms with Gasteiger partial charge in [0.25, 0.3) is 0 Å². The van der Waals surface area contributed by atoms with Crippen molar-refractivity contribution in [2.75, 3.05) is 24.5 Å². The van der Waals surface area contributed by atoms with Gasteiger partial charge >= 0.3 is 0 Å². The van der Waals surface area contributed by atoms with Crippen LogP contribution in [0.25, 0.3) is 0 Å². The van der Waals surface area contributed by atoms with E-state index in [1.54, 1.807) is 15.3 Å². The predicted octanol–water partition coefficient (Wildman–Crippen LogP) is 2.78. The number of amides is 1. The van der Waals surface area contributed by atoms with Crippen molar-refractivity contribution in [3.05, 3.63) is 22.2 Å². The molecule has 2 heterocycles. The van der Waals surface area contributed by atoms with Crippen molar-refractivity contribution in [2.45, 2.75) is 38.0 Å². The van der Waals surface area contributed by atoms with E-state index in [9.17, 15) is 13.2 Å². The SMILES string of the molecule is CC(=O)N1CCc2cc(Br)cc(S(=O)(=O)N3CCC(C)CC3)c21. The van der Waals surface area contributed by atoms with E-state index in [0.29, 0.717) is 37.7 Å². The summed E-state index contributed by atoms with van der Waals surface area (Å²) in [4.78, 5) is 13.7. The standard InChI is InChI=1S/C16H21BrN2O3S/c1-11-3-6-18(7-4-11)23(21,22)15-10-14(17)9-13-5-8-19(12(2)20)16(13)15/h9-11H,3-8H2,1-2H3. The largest absolute Gasteiger partial charge is 0.311 e.